The first kappa shape index (κ1) is 19.4. The predicted molar refractivity (Wildman–Crippen MR) is 112 cm³/mol. The SMILES string of the molecule is COC(=O)c1ccc2c(c1)nc(-c1ccc(Cl)c(Cl)c1)n2Cc1ccc(F)cc1. The zero-order valence-electron chi connectivity index (χ0n) is 15.3. The van der Waals surface area contributed by atoms with E-state index >= 15 is 0 Å². The monoisotopic (exact) mass is 428 g/mol. The molecule has 3 aromatic carbocycles. The molecule has 0 aliphatic rings. The number of ether oxygens (including phenoxy) is 1. The van der Waals surface area contributed by atoms with Gasteiger partial charge in [0.05, 0.1) is 33.8 Å². The molecule has 29 heavy (non-hydrogen) atoms. The average Bonchev–Trinajstić information content (AvgIpc) is 3.08. The number of nitrogens with zero attached hydrogens (tertiary/aromatic N) is 2. The van der Waals surface area contributed by atoms with Crippen LogP contribution in [0.2, 0.25) is 10.0 Å². The van der Waals surface area contributed by atoms with E-state index in [1.807, 2.05) is 16.7 Å². The van der Waals surface area contributed by atoms with Crippen LogP contribution >= 0.6 is 23.2 Å². The van der Waals surface area contributed by atoms with Gasteiger partial charge in [-0.25, -0.2) is 14.2 Å². The first-order valence-electron chi connectivity index (χ1n) is 8.75. The minimum absolute atomic E-state index is 0.295. The number of imidazole rings is 1. The minimum atomic E-state index is -0.434. The molecule has 1 heterocycles. The maximum absolute atomic E-state index is 13.3. The molecule has 0 atom stereocenters. The van der Waals surface area contributed by atoms with E-state index in [4.69, 9.17) is 32.9 Å². The second-order valence-corrected chi connectivity index (χ2v) is 7.29. The number of carbonyl (C=O) groups is 1. The first-order chi connectivity index (χ1) is 14.0. The van der Waals surface area contributed by atoms with Crippen LogP contribution in [-0.2, 0) is 11.3 Å². The van der Waals surface area contributed by atoms with Gasteiger partial charge in [0.25, 0.3) is 0 Å². The van der Waals surface area contributed by atoms with Gasteiger partial charge in [0.2, 0.25) is 0 Å². The van der Waals surface area contributed by atoms with Crippen molar-refractivity contribution < 1.29 is 13.9 Å². The molecule has 1 aromatic heterocycles. The lowest BCUT2D eigenvalue weighted by atomic mass is 10.1. The normalized spacial score (nSPS) is 11.0. The van der Waals surface area contributed by atoms with Crippen LogP contribution in [0.4, 0.5) is 4.39 Å². The fourth-order valence-electron chi connectivity index (χ4n) is 3.16. The highest BCUT2D eigenvalue weighted by atomic mass is 35.5. The summed E-state index contributed by atoms with van der Waals surface area (Å²) in [6.45, 7) is 0.462. The zero-order chi connectivity index (χ0) is 20.5. The van der Waals surface area contributed by atoms with Crippen LogP contribution in [0.15, 0.2) is 60.7 Å². The predicted octanol–water partition coefficient (Wildman–Crippen LogP) is 5.98. The summed E-state index contributed by atoms with van der Waals surface area (Å²) in [5.41, 5.74) is 3.55. The molecule has 0 N–H and O–H groups in total. The molecule has 0 radical (unpaired) electrons. The van der Waals surface area contributed by atoms with Crippen LogP contribution in [-0.4, -0.2) is 22.6 Å². The average molecular weight is 429 g/mol. The molecular formula is C22H15Cl2FN2O2. The van der Waals surface area contributed by atoms with Gasteiger partial charge < -0.3 is 9.30 Å². The highest BCUT2D eigenvalue weighted by Crippen LogP contribution is 2.31. The second-order valence-electron chi connectivity index (χ2n) is 6.47. The van der Waals surface area contributed by atoms with Gasteiger partial charge in [-0.15, -0.1) is 0 Å². The largest absolute Gasteiger partial charge is 0.465 e. The molecule has 0 amide bonds. The lowest BCUT2D eigenvalue weighted by molar-refractivity contribution is 0.0601. The van der Waals surface area contributed by atoms with Gasteiger partial charge in [-0.1, -0.05) is 35.3 Å². The maximum Gasteiger partial charge on any atom is 0.337 e. The molecule has 0 bridgehead atoms. The van der Waals surface area contributed by atoms with Gasteiger partial charge in [-0.3, -0.25) is 0 Å². The van der Waals surface area contributed by atoms with Crippen LogP contribution in [0.5, 0.6) is 0 Å². The molecule has 7 heteroatoms. The highest BCUT2D eigenvalue weighted by Gasteiger charge is 2.16. The fourth-order valence-corrected chi connectivity index (χ4v) is 3.46. The Hall–Kier alpha value is -2.89. The summed E-state index contributed by atoms with van der Waals surface area (Å²) in [6.07, 6.45) is 0. The van der Waals surface area contributed by atoms with Crippen LogP contribution in [0.1, 0.15) is 15.9 Å². The summed E-state index contributed by atoms with van der Waals surface area (Å²) < 4.78 is 20.1. The molecular weight excluding hydrogens is 414 g/mol. The Balaban J connectivity index is 1.89. The van der Waals surface area contributed by atoms with E-state index in [2.05, 4.69) is 0 Å². The molecule has 0 unspecified atom stereocenters. The van der Waals surface area contributed by atoms with Crippen molar-refractivity contribution in [1.29, 1.82) is 0 Å². The Morgan fingerprint density at radius 2 is 1.79 bits per heavy atom. The van der Waals surface area contributed by atoms with Gasteiger partial charge in [0.15, 0.2) is 0 Å². The number of hydrogen-bond acceptors (Lipinski definition) is 3. The lowest BCUT2D eigenvalue weighted by Gasteiger charge is -2.10. The molecule has 146 valence electrons. The molecule has 0 aliphatic heterocycles. The van der Waals surface area contributed by atoms with E-state index < -0.39 is 5.97 Å². The van der Waals surface area contributed by atoms with Gasteiger partial charge in [-0.05, 0) is 54.1 Å². The van der Waals surface area contributed by atoms with Gasteiger partial charge >= 0.3 is 5.97 Å². The first-order valence-corrected chi connectivity index (χ1v) is 9.50. The fraction of sp³-hybridized carbons (Fsp3) is 0.0909. The standard InChI is InChI=1S/C22H15Cl2FN2O2/c1-29-22(28)15-5-9-20-19(11-15)26-21(14-4-8-17(23)18(24)10-14)27(20)12-13-2-6-16(25)7-3-13/h2-11H,12H2,1H3. The number of rotatable bonds is 4. The molecule has 0 fully saturated rings. The van der Waals surface area contributed by atoms with Crippen LogP contribution < -0.4 is 0 Å². The Labute approximate surface area is 176 Å². The third kappa shape index (κ3) is 3.84. The quantitative estimate of drug-likeness (QED) is 0.375. The number of esters is 1. The number of halogens is 3. The van der Waals surface area contributed by atoms with E-state index in [9.17, 15) is 9.18 Å². The molecule has 4 aromatic rings. The van der Waals surface area contributed by atoms with Crippen molar-refractivity contribution in [2.24, 2.45) is 0 Å². The molecule has 0 saturated carbocycles. The van der Waals surface area contributed by atoms with Crippen molar-refractivity contribution in [2.75, 3.05) is 7.11 Å². The van der Waals surface area contributed by atoms with Crippen molar-refractivity contribution in [3.05, 3.63) is 87.7 Å². The molecule has 0 saturated heterocycles. The van der Waals surface area contributed by atoms with E-state index in [0.29, 0.717) is 33.5 Å². The summed E-state index contributed by atoms with van der Waals surface area (Å²) in [4.78, 5) is 16.6. The number of methoxy groups -OCH3 is 1. The van der Waals surface area contributed by atoms with Crippen LogP contribution in [0.25, 0.3) is 22.4 Å². The van der Waals surface area contributed by atoms with E-state index in [1.54, 1.807) is 36.4 Å². The Morgan fingerprint density at radius 1 is 1.03 bits per heavy atom. The minimum Gasteiger partial charge on any atom is -0.465 e. The topological polar surface area (TPSA) is 44.1 Å². The van der Waals surface area contributed by atoms with Crippen molar-refractivity contribution >= 4 is 40.2 Å². The van der Waals surface area contributed by atoms with E-state index in [0.717, 1.165) is 16.6 Å². The Kier molecular flexibility index (Phi) is 5.26. The molecule has 0 aliphatic carbocycles. The summed E-state index contributed by atoms with van der Waals surface area (Å²) in [5.74, 6) is -0.0716. The van der Waals surface area contributed by atoms with E-state index in [1.165, 1.54) is 19.2 Å². The summed E-state index contributed by atoms with van der Waals surface area (Å²) in [7, 11) is 1.33. The third-order valence-corrected chi connectivity index (χ3v) is 5.34. The van der Waals surface area contributed by atoms with Crippen molar-refractivity contribution in [2.45, 2.75) is 6.54 Å². The number of benzene rings is 3. The van der Waals surface area contributed by atoms with Crippen molar-refractivity contribution in [3.8, 4) is 11.4 Å². The summed E-state index contributed by atoms with van der Waals surface area (Å²) in [5, 5.41) is 0.865. The van der Waals surface area contributed by atoms with Crippen molar-refractivity contribution in [1.82, 2.24) is 9.55 Å². The van der Waals surface area contributed by atoms with Crippen LogP contribution in [0, 0.1) is 5.82 Å². The molecule has 4 rings (SSSR count). The summed E-state index contributed by atoms with van der Waals surface area (Å²) in [6, 6.07) is 16.8. The lowest BCUT2D eigenvalue weighted by Crippen LogP contribution is -2.03. The van der Waals surface area contributed by atoms with E-state index in [-0.39, 0.29) is 5.82 Å². The number of carbonyl (C=O) groups excluding carboxylic acids is 1. The summed E-state index contributed by atoms with van der Waals surface area (Å²) >= 11 is 12.3. The number of aromatic nitrogens is 2. The smallest absolute Gasteiger partial charge is 0.337 e. The van der Waals surface area contributed by atoms with Gasteiger partial charge in [-0.2, -0.15) is 0 Å². The van der Waals surface area contributed by atoms with Crippen molar-refractivity contribution in [3.63, 3.8) is 0 Å². The number of fused-ring (bicyclic) bond motifs is 1. The zero-order valence-corrected chi connectivity index (χ0v) is 16.8. The Bertz CT molecular complexity index is 1220. The maximum atomic E-state index is 13.3. The molecule has 4 nitrogen and oxygen atoms in total. The Morgan fingerprint density at radius 3 is 2.48 bits per heavy atom. The van der Waals surface area contributed by atoms with Crippen LogP contribution in [0.3, 0.4) is 0 Å². The molecule has 0 spiro atoms. The second kappa shape index (κ2) is 7.85. The third-order valence-electron chi connectivity index (χ3n) is 4.60. The number of hydrogen-bond donors (Lipinski definition) is 0. The van der Waals surface area contributed by atoms with Gasteiger partial charge in [0, 0.05) is 12.1 Å². The van der Waals surface area contributed by atoms with Gasteiger partial charge in [0.1, 0.15) is 11.6 Å². The highest BCUT2D eigenvalue weighted by molar-refractivity contribution is 6.42.